The van der Waals surface area contributed by atoms with E-state index in [-0.39, 0.29) is 22.7 Å². The highest BCUT2D eigenvalue weighted by Gasteiger charge is 2.22. The zero-order valence-electron chi connectivity index (χ0n) is 12.6. The lowest BCUT2D eigenvalue weighted by molar-refractivity contribution is -0.384. The lowest BCUT2D eigenvalue weighted by Crippen LogP contribution is -2.14. The van der Waals surface area contributed by atoms with Crippen LogP contribution in [0.2, 0.25) is 0 Å². The first-order chi connectivity index (χ1) is 11.4. The summed E-state index contributed by atoms with van der Waals surface area (Å²) in [4.78, 5) is 22.5. The van der Waals surface area contributed by atoms with Gasteiger partial charge in [-0.1, -0.05) is 0 Å². The van der Waals surface area contributed by atoms with Crippen LogP contribution in [0, 0.1) is 21.7 Å². The normalized spacial score (nSPS) is 10.2. The van der Waals surface area contributed by atoms with Crippen LogP contribution in [0.5, 0.6) is 11.5 Å². The Morgan fingerprint density at radius 3 is 2.25 bits per heavy atom. The minimum absolute atomic E-state index is 0.107. The van der Waals surface area contributed by atoms with Gasteiger partial charge in [-0.05, 0) is 18.2 Å². The Morgan fingerprint density at radius 2 is 1.71 bits per heavy atom. The molecule has 0 bridgehead atoms. The molecular formula is C15H12F2N2O5. The third-order valence-electron chi connectivity index (χ3n) is 3.13. The molecule has 2 rings (SSSR count). The molecule has 126 valence electrons. The molecule has 0 heterocycles. The Hall–Kier alpha value is -3.23. The number of rotatable bonds is 5. The highest BCUT2D eigenvalue weighted by Crippen LogP contribution is 2.37. The van der Waals surface area contributed by atoms with E-state index in [1.807, 2.05) is 0 Å². The summed E-state index contributed by atoms with van der Waals surface area (Å²) in [5.74, 6) is -2.89. The number of ether oxygens (including phenoxy) is 2. The molecule has 0 aromatic heterocycles. The predicted octanol–water partition coefficient (Wildman–Crippen LogP) is 3.14. The molecule has 0 atom stereocenters. The molecule has 0 spiro atoms. The van der Waals surface area contributed by atoms with E-state index in [1.54, 1.807) is 0 Å². The first-order valence-electron chi connectivity index (χ1n) is 6.54. The standard InChI is InChI=1S/C15H12F2N2O5/c1-23-13-6-11(12(19(21)22)7-14(13)24-2)18-15(20)8-3-4-9(16)10(17)5-8/h3-7H,1-2H3,(H,18,20). The zero-order chi connectivity index (χ0) is 17.9. The van der Waals surface area contributed by atoms with Crippen molar-refractivity contribution < 1.29 is 28.0 Å². The van der Waals surface area contributed by atoms with Crippen LogP contribution in [0.4, 0.5) is 20.2 Å². The topological polar surface area (TPSA) is 90.7 Å². The summed E-state index contributed by atoms with van der Waals surface area (Å²) in [6.07, 6.45) is 0. The maximum atomic E-state index is 13.2. The number of carbonyl (C=O) groups is 1. The number of nitro benzene ring substituents is 1. The Morgan fingerprint density at radius 1 is 1.08 bits per heavy atom. The van der Waals surface area contributed by atoms with Crippen molar-refractivity contribution in [3.63, 3.8) is 0 Å². The van der Waals surface area contributed by atoms with E-state index in [2.05, 4.69) is 5.32 Å². The van der Waals surface area contributed by atoms with Crippen molar-refractivity contribution in [2.24, 2.45) is 0 Å². The smallest absolute Gasteiger partial charge is 0.296 e. The van der Waals surface area contributed by atoms with Crippen LogP contribution < -0.4 is 14.8 Å². The van der Waals surface area contributed by atoms with Gasteiger partial charge in [0.25, 0.3) is 11.6 Å². The summed E-state index contributed by atoms with van der Waals surface area (Å²) in [7, 11) is 2.63. The molecule has 0 unspecified atom stereocenters. The second-order valence-corrected chi connectivity index (χ2v) is 4.56. The molecular weight excluding hydrogens is 326 g/mol. The Balaban J connectivity index is 2.41. The number of halogens is 2. The van der Waals surface area contributed by atoms with Crippen molar-refractivity contribution in [1.82, 2.24) is 0 Å². The molecule has 1 amide bonds. The number of anilines is 1. The van der Waals surface area contributed by atoms with Crippen LogP contribution >= 0.6 is 0 Å². The number of methoxy groups -OCH3 is 2. The first-order valence-corrected chi connectivity index (χ1v) is 6.54. The number of amides is 1. The number of nitrogens with zero attached hydrogens (tertiary/aromatic N) is 1. The van der Waals surface area contributed by atoms with Crippen molar-refractivity contribution in [3.05, 3.63) is 57.6 Å². The average molecular weight is 338 g/mol. The van der Waals surface area contributed by atoms with Crippen molar-refractivity contribution in [3.8, 4) is 11.5 Å². The van der Waals surface area contributed by atoms with Gasteiger partial charge in [0.1, 0.15) is 5.69 Å². The fraction of sp³-hybridized carbons (Fsp3) is 0.133. The number of carbonyl (C=O) groups excluding carboxylic acids is 1. The molecule has 2 aromatic carbocycles. The Kier molecular flexibility index (Phi) is 4.93. The fourth-order valence-corrected chi connectivity index (χ4v) is 1.95. The first kappa shape index (κ1) is 17.1. The van der Waals surface area contributed by atoms with Gasteiger partial charge in [-0.25, -0.2) is 8.78 Å². The van der Waals surface area contributed by atoms with Gasteiger partial charge in [0.15, 0.2) is 23.1 Å². The molecule has 0 aliphatic carbocycles. The van der Waals surface area contributed by atoms with E-state index < -0.39 is 28.2 Å². The number of benzene rings is 2. The molecule has 1 N–H and O–H groups in total. The van der Waals surface area contributed by atoms with E-state index in [0.717, 1.165) is 18.2 Å². The summed E-state index contributed by atoms with van der Waals surface area (Å²) < 4.78 is 36.1. The summed E-state index contributed by atoms with van der Waals surface area (Å²) in [5, 5.41) is 13.4. The number of hydrogen-bond donors (Lipinski definition) is 1. The molecule has 0 radical (unpaired) electrons. The minimum Gasteiger partial charge on any atom is -0.493 e. The number of hydrogen-bond acceptors (Lipinski definition) is 5. The molecule has 0 aliphatic heterocycles. The summed E-state index contributed by atoms with van der Waals surface area (Å²) in [6, 6.07) is 4.82. The van der Waals surface area contributed by atoms with Gasteiger partial charge in [0, 0.05) is 11.6 Å². The monoisotopic (exact) mass is 338 g/mol. The molecule has 0 saturated heterocycles. The summed E-state index contributed by atoms with van der Waals surface area (Å²) in [6.45, 7) is 0. The largest absolute Gasteiger partial charge is 0.493 e. The molecule has 9 heteroatoms. The second kappa shape index (κ2) is 6.90. The summed E-state index contributed by atoms with van der Waals surface area (Å²) >= 11 is 0. The fourth-order valence-electron chi connectivity index (χ4n) is 1.95. The average Bonchev–Trinajstić information content (AvgIpc) is 2.56. The van der Waals surface area contributed by atoms with Crippen LogP contribution in [0.1, 0.15) is 10.4 Å². The maximum Gasteiger partial charge on any atom is 0.296 e. The lowest BCUT2D eigenvalue weighted by atomic mass is 10.1. The number of nitro groups is 1. The quantitative estimate of drug-likeness (QED) is 0.668. The molecule has 0 fully saturated rings. The van der Waals surface area contributed by atoms with Gasteiger partial charge in [0.05, 0.1) is 25.2 Å². The maximum absolute atomic E-state index is 13.2. The highest BCUT2D eigenvalue weighted by atomic mass is 19.2. The molecule has 0 aliphatic rings. The van der Waals surface area contributed by atoms with E-state index in [4.69, 9.17) is 9.47 Å². The SMILES string of the molecule is COc1cc(NC(=O)c2ccc(F)c(F)c2)c([N+](=O)[O-])cc1OC. The van der Waals surface area contributed by atoms with Gasteiger partial charge >= 0.3 is 0 Å². The Labute approximate surface area is 135 Å². The molecule has 7 nitrogen and oxygen atoms in total. The van der Waals surface area contributed by atoms with Crippen molar-refractivity contribution in [2.45, 2.75) is 0 Å². The van der Waals surface area contributed by atoms with Crippen molar-refractivity contribution in [1.29, 1.82) is 0 Å². The Bertz CT molecular complexity index is 811. The van der Waals surface area contributed by atoms with Crippen LogP contribution in [0.25, 0.3) is 0 Å². The highest BCUT2D eigenvalue weighted by molar-refractivity contribution is 6.05. The summed E-state index contributed by atoms with van der Waals surface area (Å²) in [5.41, 5.74) is -0.811. The molecule has 2 aromatic rings. The molecule has 24 heavy (non-hydrogen) atoms. The second-order valence-electron chi connectivity index (χ2n) is 4.56. The third-order valence-corrected chi connectivity index (χ3v) is 3.13. The van der Waals surface area contributed by atoms with Crippen LogP contribution in [0.3, 0.4) is 0 Å². The number of nitrogens with one attached hydrogen (secondary N) is 1. The lowest BCUT2D eigenvalue weighted by Gasteiger charge is -2.11. The van der Waals surface area contributed by atoms with E-state index in [1.165, 1.54) is 20.3 Å². The van der Waals surface area contributed by atoms with Gasteiger partial charge in [-0.2, -0.15) is 0 Å². The van der Waals surface area contributed by atoms with Gasteiger partial charge in [0.2, 0.25) is 0 Å². The van der Waals surface area contributed by atoms with E-state index in [0.29, 0.717) is 6.07 Å². The van der Waals surface area contributed by atoms with Crippen LogP contribution in [0.15, 0.2) is 30.3 Å². The van der Waals surface area contributed by atoms with Crippen LogP contribution in [-0.4, -0.2) is 25.1 Å². The van der Waals surface area contributed by atoms with Crippen molar-refractivity contribution >= 4 is 17.3 Å². The third kappa shape index (κ3) is 3.40. The van der Waals surface area contributed by atoms with Gasteiger partial charge in [-0.15, -0.1) is 0 Å². The predicted molar refractivity (Wildman–Crippen MR) is 80.5 cm³/mol. The van der Waals surface area contributed by atoms with Gasteiger partial charge in [-0.3, -0.25) is 14.9 Å². The van der Waals surface area contributed by atoms with Crippen molar-refractivity contribution in [2.75, 3.05) is 19.5 Å². The van der Waals surface area contributed by atoms with E-state index >= 15 is 0 Å². The van der Waals surface area contributed by atoms with Crippen LogP contribution in [-0.2, 0) is 0 Å². The van der Waals surface area contributed by atoms with E-state index in [9.17, 15) is 23.7 Å². The minimum atomic E-state index is -1.20. The van der Waals surface area contributed by atoms with Gasteiger partial charge < -0.3 is 14.8 Å². The zero-order valence-corrected chi connectivity index (χ0v) is 12.6. The molecule has 0 saturated carbocycles.